The third-order valence-electron chi connectivity index (χ3n) is 3.73. The van der Waals surface area contributed by atoms with Gasteiger partial charge in [-0.15, -0.1) is 0 Å². The summed E-state index contributed by atoms with van der Waals surface area (Å²) in [5.74, 6) is 2.28. The number of aromatic nitrogens is 1. The number of ether oxygens (including phenoxy) is 1. The second-order valence-corrected chi connectivity index (χ2v) is 5.04. The van der Waals surface area contributed by atoms with Crippen LogP contribution in [0.25, 0.3) is 0 Å². The van der Waals surface area contributed by atoms with Crippen LogP contribution in [0.4, 0.5) is 0 Å². The lowest BCUT2D eigenvalue weighted by Crippen LogP contribution is -2.28. The van der Waals surface area contributed by atoms with Crippen LogP contribution in [0, 0.1) is 11.8 Å². The Morgan fingerprint density at radius 2 is 2.12 bits per heavy atom. The van der Waals surface area contributed by atoms with Crippen molar-refractivity contribution < 1.29 is 9.53 Å². The van der Waals surface area contributed by atoms with Crippen LogP contribution in [-0.2, 0) is 0 Å². The van der Waals surface area contributed by atoms with Crippen LogP contribution in [0.5, 0.6) is 5.75 Å². The van der Waals surface area contributed by atoms with Crippen LogP contribution in [-0.4, -0.2) is 17.4 Å². The number of aldehydes is 1. The van der Waals surface area contributed by atoms with Crippen molar-refractivity contribution in [3.63, 3.8) is 0 Å². The zero-order chi connectivity index (χ0) is 12.3. The first kappa shape index (κ1) is 12.1. The first-order chi connectivity index (χ1) is 8.19. The van der Waals surface area contributed by atoms with Gasteiger partial charge < -0.3 is 4.74 Å². The van der Waals surface area contributed by atoms with Crippen molar-refractivity contribution >= 4 is 6.29 Å². The van der Waals surface area contributed by atoms with Crippen LogP contribution in [0.1, 0.15) is 43.6 Å². The number of hydrogen-bond donors (Lipinski definition) is 0. The highest BCUT2D eigenvalue weighted by molar-refractivity contribution is 5.71. The van der Waals surface area contributed by atoms with Gasteiger partial charge in [0.05, 0.1) is 12.3 Å². The van der Waals surface area contributed by atoms with Crippen molar-refractivity contribution in [1.29, 1.82) is 0 Å². The maximum absolute atomic E-state index is 10.5. The molecule has 1 saturated carbocycles. The van der Waals surface area contributed by atoms with Gasteiger partial charge in [-0.05, 0) is 43.2 Å². The van der Waals surface area contributed by atoms with Crippen molar-refractivity contribution in [2.45, 2.75) is 39.2 Å². The molecule has 0 bridgehead atoms. The predicted molar refractivity (Wildman–Crippen MR) is 66.2 cm³/mol. The fraction of sp³-hybridized carbons (Fsp3) is 0.571. The van der Waals surface area contributed by atoms with Crippen LogP contribution >= 0.6 is 0 Å². The van der Waals surface area contributed by atoms with Gasteiger partial charge in [0.15, 0.2) is 6.29 Å². The van der Waals surface area contributed by atoms with Crippen LogP contribution < -0.4 is 4.74 Å². The summed E-state index contributed by atoms with van der Waals surface area (Å²) in [5.41, 5.74) is 0.447. The predicted octanol–water partition coefficient (Wildman–Crippen LogP) is 3.10. The highest BCUT2D eigenvalue weighted by Crippen LogP contribution is 2.31. The molecule has 0 spiro atoms. The van der Waals surface area contributed by atoms with E-state index in [-0.39, 0.29) is 0 Å². The van der Waals surface area contributed by atoms with Gasteiger partial charge in [-0.25, -0.2) is 4.98 Å². The quantitative estimate of drug-likeness (QED) is 0.753. The van der Waals surface area contributed by atoms with Crippen molar-refractivity contribution in [2.75, 3.05) is 0 Å². The number of hydrogen-bond acceptors (Lipinski definition) is 3. The summed E-state index contributed by atoms with van der Waals surface area (Å²) in [4.78, 5) is 14.5. The number of carbonyl (C=O) groups excluding carboxylic acids is 1. The van der Waals surface area contributed by atoms with E-state index in [0.717, 1.165) is 36.7 Å². The number of rotatable bonds is 3. The van der Waals surface area contributed by atoms with Gasteiger partial charge in [-0.3, -0.25) is 4.79 Å². The Bertz CT molecular complexity index is 374. The van der Waals surface area contributed by atoms with Crippen molar-refractivity contribution in [1.82, 2.24) is 4.98 Å². The summed E-state index contributed by atoms with van der Waals surface area (Å²) in [6.45, 7) is 4.59. The number of pyridine rings is 1. The second-order valence-electron chi connectivity index (χ2n) is 5.04. The van der Waals surface area contributed by atoms with Gasteiger partial charge in [0, 0.05) is 0 Å². The fourth-order valence-corrected chi connectivity index (χ4v) is 2.33. The van der Waals surface area contributed by atoms with E-state index < -0.39 is 0 Å². The Hall–Kier alpha value is -1.38. The minimum atomic E-state index is 0.296. The summed E-state index contributed by atoms with van der Waals surface area (Å²) in [5, 5.41) is 0. The van der Waals surface area contributed by atoms with Gasteiger partial charge in [-0.1, -0.05) is 13.8 Å². The fourth-order valence-electron chi connectivity index (χ4n) is 2.33. The minimum Gasteiger partial charge on any atom is -0.489 e. The summed E-state index contributed by atoms with van der Waals surface area (Å²) in [6.07, 6.45) is 6.12. The molecule has 1 aliphatic carbocycles. The molecule has 0 amide bonds. The second kappa shape index (κ2) is 5.30. The first-order valence-electron chi connectivity index (χ1n) is 6.27. The largest absolute Gasteiger partial charge is 0.489 e. The number of nitrogens with zero attached hydrogens (tertiary/aromatic N) is 1. The summed E-state index contributed by atoms with van der Waals surface area (Å²) < 4.78 is 5.90. The van der Waals surface area contributed by atoms with Gasteiger partial charge in [0.1, 0.15) is 11.4 Å². The van der Waals surface area contributed by atoms with E-state index in [4.69, 9.17) is 4.74 Å². The van der Waals surface area contributed by atoms with Crippen LogP contribution in [0.3, 0.4) is 0 Å². The Balaban J connectivity index is 1.94. The molecule has 17 heavy (non-hydrogen) atoms. The molecular formula is C14H19NO2. The molecule has 1 fully saturated rings. The third-order valence-corrected chi connectivity index (χ3v) is 3.73. The normalized spacial score (nSPS) is 28.7. The lowest BCUT2D eigenvalue weighted by Gasteiger charge is -2.32. The topological polar surface area (TPSA) is 39.2 Å². The molecule has 0 saturated heterocycles. The summed E-state index contributed by atoms with van der Waals surface area (Å²) in [6, 6.07) is 3.51. The Kier molecular flexibility index (Phi) is 3.77. The molecule has 1 aliphatic rings. The molecule has 0 N–H and O–H groups in total. The van der Waals surface area contributed by atoms with E-state index in [1.165, 1.54) is 6.42 Å². The Labute approximate surface area is 102 Å². The molecule has 1 aromatic heterocycles. The average molecular weight is 233 g/mol. The van der Waals surface area contributed by atoms with E-state index >= 15 is 0 Å². The number of carbonyl (C=O) groups is 1. The molecule has 0 radical (unpaired) electrons. The van der Waals surface area contributed by atoms with E-state index in [1.54, 1.807) is 12.3 Å². The van der Waals surface area contributed by atoms with Gasteiger partial charge in [0.2, 0.25) is 0 Å². The average Bonchev–Trinajstić information content (AvgIpc) is 2.35. The van der Waals surface area contributed by atoms with Gasteiger partial charge >= 0.3 is 0 Å². The lowest BCUT2D eigenvalue weighted by atomic mass is 9.80. The SMILES string of the molecule is CC1CCC(Oc2ccc(C=O)nc2)CC1C. The molecule has 0 aromatic carbocycles. The van der Waals surface area contributed by atoms with Crippen LogP contribution in [0.2, 0.25) is 0 Å². The van der Waals surface area contributed by atoms with Gasteiger partial charge in [-0.2, -0.15) is 0 Å². The monoisotopic (exact) mass is 233 g/mol. The molecule has 3 unspecified atom stereocenters. The minimum absolute atomic E-state index is 0.296. The molecule has 1 aromatic rings. The van der Waals surface area contributed by atoms with Crippen molar-refractivity contribution in [3.05, 3.63) is 24.0 Å². The summed E-state index contributed by atoms with van der Waals surface area (Å²) >= 11 is 0. The van der Waals surface area contributed by atoms with Crippen molar-refractivity contribution in [2.24, 2.45) is 11.8 Å². The molecule has 1 heterocycles. The van der Waals surface area contributed by atoms with Gasteiger partial charge in [0.25, 0.3) is 0 Å². The van der Waals surface area contributed by atoms with Crippen LogP contribution in [0.15, 0.2) is 18.3 Å². The Morgan fingerprint density at radius 3 is 2.71 bits per heavy atom. The molecule has 3 nitrogen and oxygen atoms in total. The maximum atomic E-state index is 10.5. The van der Waals surface area contributed by atoms with E-state index in [9.17, 15) is 4.79 Å². The Morgan fingerprint density at radius 1 is 1.29 bits per heavy atom. The zero-order valence-corrected chi connectivity index (χ0v) is 10.4. The van der Waals surface area contributed by atoms with E-state index in [0.29, 0.717) is 11.8 Å². The smallest absolute Gasteiger partial charge is 0.168 e. The molecule has 0 aliphatic heterocycles. The van der Waals surface area contributed by atoms with Crippen molar-refractivity contribution in [3.8, 4) is 5.75 Å². The maximum Gasteiger partial charge on any atom is 0.168 e. The first-order valence-corrected chi connectivity index (χ1v) is 6.27. The van der Waals surface area contributed by atoms with E-state index in [2.05, 4.69) is 18.8 Å². The molecule has 92 valence electrons. The highest BCUT2D eigenvalue weighted by atomic mass is 16.5. The standard InChI is InChI=1S/C14H19NO2/c1-10-3-5-13(7-11(10)2)17-14-6-4-12(9-16)15-8-14/h4,6,8-11,13H,3,5,7H2,1-2H3. The highest BCUT2D eigenvalue weighted by Gasteiger charge is 2.25. The van der Waals surface area contributed by atoms with E-state index in [1.807, 2.05) is 6.07 Å². The molecule has 3 atom stereocenters. The third kappa shape index (κ3) is 3.05. The summed E-state index contributed by atoms with van der Waals surface area (Å²) in [7, 11) is 0. The lowest BCUT2D eigenvalue weighted by molar-refractivity contribution is 0.100. The zero-order valence-electron chi connectivity index (χ0n) is 10.4. The molecule has 2 rings (SSSR count). The molecule has 3 heteroatoms. The molecular weight excluding hydrogens is 214 g/mol.